The second kappa shape index (κ2) is 8.92. The Kier molecular flexibility index (Phi) is 7.94. The van der Waals surface area contributed by atoms with Crippen molar-refractivity contribution in [3.63, 3.8) is 0 Å². The number of halogens is 1. The molecule has 2 rings (SSSR count). The van der Waals surface area contributed by atoms with Crippen LogP contribution in [0.5, 0.6) is 0 Å². The third-order valence-electron chi connectivity index (χ3n) is 4.07. The molecule has 1 aromatic rings. The summed E-state index contributed by atoms with van der Waals surface area (Å²) in [6, 6.07) is 0. The summed E-state index contributed by atoms with van der Waals surface area (Å²) in [5.41, 5.74) is 0.439. The largest absolute Gasteiger partial charge is 0.356 e. The lowest BCUT2D eigenvalue weighted by atomic mass is 9.89. The average molecular weight is 422 g/mol. The van der Waals surface area contributed by atoms with Gasteiger partial charge in [-0.2, -0.15) is 0 Å². The standard InChI is InChI=1S/C15H26N4S.HI/c1-4-12-9-17-13(20-12)10-18-14(16-3)19-11-15(2)7-5-6-8-15;/h9H,4-8,10-11H2,1-3H3,(H2,16,18,19);1H. The summed E-state index contributed by atoms with van der Waals surface area (Å²) in [6.07, 6.45) is 8.40. The molecule has 0 saturated heterocycles. The Morgan fingerprint density at radius 2 is 2.10 bits per heavy atom. The van der Waals surface area contributed by atoms with E-state index in [1.54, 1.807) is 11.3 Å². The second-order valence-electron chi connectivity index (χ2n) is 5.87. The number of nitrogens with one attached hydrogen (secondary N) is 2. The lowest BCUT2D eigenvalue weighted by molar-refractivity contribution is 0.334. The highest BCUT2D eigenvalue weighted by atomic mass is 127. The zero-order chi connectivity index (χ0) is 14.4. The fourth-order valence-corrected chi connectivity index (χ4v) is 3.48. The van der Waals surface area contributed by atoms with Crippen molar-refractivity contribution in [2.75, 3.05) is 13.6 Å². The van der Waals surface area contributed by atoms with E-state index >= 15 is 0 Å². The van der Waals surface area contributed by atoms with Crippen molar-refractivity contribution in [3.8, 4) is 0 Å². The SMILES string of the molecule is CCc1cnc(CNC(=NC)NCC2(C)CCCC2)s1.I. The Balaban J connectivity index is 0.00000220. The fourth-order valence-electron chi connectivity index (χ4n) is 2.68. The minimum Gasteiger partial charge on any atom is -0.356 e. The van der Waals surface area contributed by atoms with Crippen LogP contribution in [0.15, 0.2) is 11.2 Å². The van der Waals surface area contributed by atoms with Gasteiger partial charge < -0.3 is 10.6 Å². The Morgan fingerprint density at radius 3 is 2.67 bits per heavy atom. The molecule has 1 aliphatic rings. The normalized spacial score (nSPS) is 17.4. The van der Waals surface area contributed by atoms with Gasteiger partial charge in [0.05, 0.1) is 6.54 Å². The van der Waals surface area contributed by atoms with E-state index < -0.39 is 0 Å². The molecule has 1 fully saturated rings. The zero-order valence-corrected chi connectivity index (χ0v) is 16.4. The first-order valence-electron chi connectivity index (χ1n) is 7.53. The van der Waals surface area contributed by atoms with Crippen LogP contribution in [0.2, 0.25) is 0 Å². The number of rotatable bonds is 5. The minimum atomic E-state index is 0. The van der Waals surface area contributed by atoms with Crippen LogP contribution in [0.1, 0.15) is 49.4 Å². The van der Waals surface area contributed by atoms with Gasteiger partial charge in [0.25, 0.3) is 0 Å². The highest BCUT2D eigenvalue weighted by Gasteiger charge is 2.28. The van der Waals surface area contributed by atoms with Crippen LogP contribution in [-0.4, -0.2) is 24.5 Å². The van der Waals surface area contributed by atoms with Gasteiger partial charge in [-0.1, -0.05) is 26.7 Å². The van der Waals surface area contributed by atoms with Crippen molar-refractivity contribution < 1.29 is 0 Å². The Bertz CT molecular complexity index is 452. The molecule has 0 bridgehead atoms. The quantitative estimate of drug-likeness (QED) is 0.434. The lowest BCUT2D eigenvalue weighted by Gasteiger charge is -2.25. The number of hydrogen-bond donors (Lipinski definition) is 2. The van der Waals surface area contributed by atoms with E-state index in [0.29, 0.717) is 5.41 Å². The van der Waals surface area contributed by atoms with Crippen LogP contribution >= 0.6 is 35.3 Å². The van der Waals surface area contributed by atoms with Crippen molar-refractivity contribution in [2.24, 2.45) is 10.4 Å². The summed E-state index contributed by atoms with van der Waals surface area (Å²) in [5, 5.41) is 7.93. The molecule has 0 unspecified atom stereocenters. The van der Waals surface area contributed by atoms with E-state index in [1.165, 1.54) is 30.6 Å². The first kappa shape index (κ1) is 18.7. The van der Waals surface area contributed by atoms with Crippen LogP contribution in [0.25, 0.3) is 0 Å². The van der Waals surface area contributed by atoms with E-state index in [9.17, 15) is 0 Å². The number of aryl methyl sites for hydroxylation is 1. The van der Waals surface area contributed by atoms with Gasteiger partial charge in [0, 0.05) is 24.7 Å². The van der Waals surface area contributed by atoms with E-state index in [2.05, 4.69) is 34.5 Å². The van der Waals surface area contributed by atoms with E-state index in [0.717, 1.165) is 30.5 Å². The summed E-state index contributed by atoms with van der Waals surface area (Å²) >= 11 is 1.77. The molecule has 0 aromatic carbocycles. The smallest absolute Gasteiger partial charge is 0.191 e. The summed E-state index contributed by atoms with van der Waals surface area (Å²) in [5.74, 6) is 0.881. The van der Waals surface area contributed by atoms with Crippen LogP contribution in [-0.2, 0) is 13.0 Å². The van der Waals surface area contributed by atoms with Gasteiger partial charge in [0.1, 0.15) is 5.01 Å². The highest BCUT2D eigenvalue weighted by Crippen LogP contribution is 2.36. The van der Waals surface area contributed by atoms with Gasteiger partial charge >= 0.3 is 0 Å². The predicted octanol–water partition coefficient (Wildman–Crippen LogP) is 3.57. The zero-order valence-electron chi connectivity index (χ0n) is 13.2. The van der Waals surface area contributed by atoms with Crippen molar-refractivity contribution in [3.05, 3.63) is 16.1 Å². The highest BCUT2D eigenvalue weighted by molar-refractivity contribution is 14.0. The number of guanidine groups is 1. The van der Waals surface area contributed by atoms with E-state index in [1.807, 2.05) is 13.2 Å². The number of nitrogens with zero attached hydrogens (tertiary/aromatic N) is 2. The molecule has 1 aromatic heterocycles. The minimum absolute atomic E-state index is 0. The van der Waals surface area contributed by atoms with Gasteiger partial charge in [-0.25, -0.2) is 4.98 Å². The van der Waals surface area contributed by atoms with Gasteiger partial charge in [-0.15, -0.1) is 35.3 Å². The first-order valence-corrected chi connectivity index (χ1v) is 8.35. The Labute approximate surface area is 149 Å². The van der Waals surface area contributed by atoms with Gasteiger partial charge in [0.15, 0.2) is 5.96 Å². The molecular weight excluding hydrogens is 395 g/mol. The first-order chi connectivity index (χ1) is 9.65. The Hall–Kier alpha value is -0.370. The van der Waals surface area contributed by atoms with Crippen molar-refractivity contribution in [2.45, 2.75) is 52.5 Å². The molecule has 0 atom stereocenters. The summed E-state index contributed by atoms with van der Waals surface area (Å²) < 4.78 is 0. The van der Waals surface area contributed by atoms with Gasteiger partial charge in [-0.05, 0) is 24.7 Å². The third kappa shape index (κ3) is 5.73. The van der Waals surface area contributed by atoms with Crippen LogP contribution in [0, 0.1) is 5.41 Å². The summed E-state index contributed by atoms with van der Waals surface area (Å²) in [7, 11) is 1.83. The molecular formula is C15H27IN4S. The molecule has 2 N–H and O–H groups in total. The van der Waals surface area contributed by atoms with E-state index in [-0.39, 0.29) is 24.0 Å². The maximum Gasteiger partial charge on any atom is 0.191 e. The average Bonchev–Trinajstić information content (AvgIpc) is 3.08. The molecule has 1 saturated carbocycles. The molecule has 120 valence electrons. The van der Waals surface area contributed by atoms with Crippen LogP contribution in [0.3, 0.4) is 0 Å². The molecule has 4 nitrogen and oxygen atoms in total. The Morgan fingerprint density at radius 1 is 1.38 bits per heavy atom. The summed E-state index contributed by atoms with van der Waals surface area (Å²) in [4.78, 5) is 10.0. The summed E-state index contributed by atoms with van der Waals surface area (Å²) in [6.45, 7) is 6.29. The molecule has 6 heteroatoms. The van der Waals surface area contributed by atoms with Gasteiger partial charge in [0.2, 0.25) is 0 Å². The number of aromatic nitrogens is 1. The lowest BCUT2D eigenvalue weighted by Crippen LogP contribution is -2.41. The maximum atomic E-state index is 4.42. The molecule has 0 spiro atoms. The fraction of sp³-hybridized carbons (Fsp3) is 0.733. The molecule has 1 heterocycles. The second-order valence-corrected chi connectivity index (χ2v) is 7.07. The molecule has 0 aliphatic heterocycles. The number of hydrogen-bond acceptors (Lipinski definition) is 3. The number of aliphatic imine (C=N–C) groups is 1. The van der Waals surface area contributed by atoms with Crippen LogP contribution in [0.4, 0.5) is 0 Å². The number of thiazole rings is 1. The third-order valence-corrected chi connectivity index (χ3v) is 5.22. The van der Waals surface area contributed by atoms with E-state index in [4.69, 9.17) is 0 Å². The van der Waals surface area contributed by atoms with Gasteiger partial charge in [-0.3, -0.25) is 4.99 Å². The molecule has 1 aliphatic carbocycles. The van der Waals surface area contributed by atoms with Crippen molar-refractivity contribution in [1.82, 2.24) is 15.6 Å². The molecule has 21 heavy (non-hydrogen) atoms. The topological polar surface area (TPSA) is 49.3 Å². The monoisotopic (exact) mass is 422 g/mol. The van der Waals surface area contributed by atoms with Crippen molar-refractivity contribution in [1.29, 1.82) is 0 Å². The maximum absolute atomic E-state index is 4.42. The predicted molar refractivity (Wildman–Crippen MR) is 102 cm³/mol. The van der Waals surface area contributed by atoms with Crippen molar-refractivity contribution >= 4 is 41.3 Å². The molecule has 0 amide bonds. The van der Waals surface area contributed by atoms with Crippen LogP contribution < -0.4 is 10.6 Å². The molecule has 0 radical (unpaired) electrons.